The molecule has 49 heavy (non-hydrogen) atoms. The van der Waals surface area contributed by atoms with E-state index in [1.165, 1.54) is 22.5 Å². The zero-order chi connectivity index (χ0) is 35.2. The maximum Gasteiger partial charge on any atom is 0.209 e. The summed E-state index contributed by atoms with van der Waals surface area (Å²) in [7, 11) is -4.23. The van der Waals surface area contributed by atoms with Crippen LogP contribution in [0.1, 0.15) is 83.8 Å². The second kappa shape index (κ2) is 16.1. The minimum absolute atomic E-state index is 0.184. The van der Waals surface area contributed by atoms with Gasteiger partial charge in [-0.1, -0.05) is 74.0 Å². The minimum Gasteiger partial charge on any atom is -0.748 e. The van der Waals surface area contributed by atoms with Crippen LogP contribution < -0.4 is 10.2 Å². The number of allylic oxidation sites excluding steroid dienone is 8. The molecule has 3 aliphatic rings. The van der Waals surface area contributed by atoms with Crippen molar-refractivity contribution in [1.82, 2.24) is 0 Å². The van der Waals surface area contributed by atoms with Crippen molar-refractivity contribution >= 4 is 50.8 Å². The number of hydrogen-bond acceptors (Lipinski definition) is 8. The van der Waals surface area contributed by atoms with Crippen molar-refractivity contribution in [2.24, 2.45) is 0 Å². The molecule has 0 N–H and O–H groups in total. The van der Waals surface area contributed by atoms with Crippen molar-refractivity contribution in [3.63, 3.8) is 0 Å². The Morgan fingerprint density at radius 1 is 0.939 bits per heavy atom. The van der Waals surface area contributed by atoms with E-state index in [-0.39, 0.29) is 16.6 Å². The lowest BCUT2D eigenvalue weighted by Gasteiger charge is -2.27. The van der Waals surface area contributed by atoms with E-state index >= 15 is 0 Å². The van der Waals surface area contributed by atoms with Gasteiger partial charge in [-0.2, -0.15) is 8.91 Å². The van der Waals surface area contributed by atoms with Crippen molar-refractivity contribution in [3.8, 4) is 0 Å². The molecule has 5 rings (SSSR count). The van der Waals surface area contributed by atoms with E-state index in [9.17, 15) is 18.2 Å². The first-order valence-corrected chi connectivity index (χ1v) is 19.8. The Hall–Kier alpha value is -2.70. The third kappa shape index (κ3) is 8.61. The fraction of sp³-hybridized carbons (Fsp3) is 0.447. The van der Waals surface area contributed by atoms with E-state index in [0.717, 1.165) is 78.3 Å². The number of benzene rings is 2. The normalized spacial score (nSPS) is 20.3. The van der Waals surface area contributed by atoms with Crippen molar-refractivity contribution < 1.29 is 32.2 Å². The van der Waals surface area contributed by atoms with Gasteiger partial charge in [-0.05, 0) is 81.2 Å². The van der Waals surface area contributed by atoms with Gasteiger partial charge in [0, 0.05) is 76.1 Å². The Kier molecular flexibility index (Phi) is 12.3. The quantitative estimate of drug-likeness (QED) is 0.0456. The first-order valence-electron chi connectivity index (χ1n) is 17.0. The zero-order valence-electron chi connectivity index (χ0n) is 28.7. The Morgan fingerprint density at radius 2 is 1.67 bits per heavy atom. The molecule has 0 aromatic heterocycles. The first-order chi connectivity index (χ1) is 23.4. The monoisotopic (exact) mass is 725 g/mol. The Labute approximate surface area is 300 Å². The average Bonchev–Trinajstić information content (AvgIpc) is 3.41. The van der Waals surface area contributed by atoms with E-state index in [2.05, 4.69) is 107 Å². The summed E-state index contributed by atoms with van der Waals surface area (Å²) in [5.74, 6) is 0.326. The van der Waals surface area contributed by atoms with E-state index < -0.39 is 10.1 Å². The second-order valence-corrected chi connectivity index (χ2v) is 16.6. The lowest BCUT2D eigenvalue weighted by molar-refractivity contribution is -0.777. The molecular formula is C38H46ClN2O6S2-. The lowest BCUT2D eigenvalue weighted by atomic mass is 9.81. The molecule has 0 saturated heterocycles. The van der Waals surface area contributed by atoms with Crippen LogP contribution in [0.3, 0.4) is 0 Å². The topological polar surface area (TPSA) is 105 Å². The van der Waals surface area contributed by atoms with Crippen molar-refractivity contribution in [3.05, 3.63) is 106 Å². The van der Waals surface area contributed by atoms with Crippen LogP contribution in [0.25, 0.3) is 0 Å². The van der Waals surface area contributed by atoms with Crippen LogP contribution in [0.15, 0.2) is 94.7 Å². The van der Waals surface area contributed by atoms with Gasteiger partial charge in [0.15, 0.2) is 5.71 Å². The highest BCUT2D eigenvalue weighted by molar-refractivity contribution is 7.94. The van der Waals surface area contributed by atoms with Gasteiger partial charge < -0.3 is 14.7 Å². The standard InChI is InChI=1S/C38H47ClN2O6S2/c1-37(2)30-16-5-7-18-32(30)40(24-9-11-26-48-47-46-42)34(37)22-20-28-14-13-15-29(36(28)39)21-23-35-38(3,4)31-17-6-8-19-33(31)41(35)25-10-12-27-49(43,44)45/h5-8,16-23H,9-15,24-27H2,1-4H3,(H-,42,43,44,45)/p-1. The Bertz CT molecular complexity index is 1790. The molecule has 0 bridgehead atoms. The van der Waals surface area contributed by atoms with Crippen LogP contribution >= 0.6 is 23.6 Å². The largest absolute Gasteiger partial charge is 0.748 e. The maximum atomic E-state index is 11.2. The summed E-state index contributed by atoms with van der Waals surface area (Å²) in [6.07, 6.45) is 14.3. The molecule has 2 aromatic rings. The Morgan fingerprint density at radius 3 is 2.43 bits per heavy atom. The van der Waals surface area contributed by atoms with Gasteiger partial charge in [-0.15, -0.1) is 0 Å². The van der Waals surface area contributed by atoms with E-state index in [1.54, 1.807) is 0 Å². The van der Waals surface area contributed by atoms with Crippen molar-refractivity contribution in [2.75, 3.05) is 29.5 Å². The molecule has 0 radical (unpaired) electrons. The summed E-state index contributed by atoms with van der Waals surface area (Å²) in [6, 6.07) is 16.9. The van der Waals surface area contributed by atoms with Gasteiger partial charge in [-0.25, -0.2) is 8.42 Å². The van der Waals surface area contributed by atoms with Crippen molar-refractivity contribution in [1.29, 1.82) is 0 Å². The van der Waals surface area contributed by atoms with Gasteiger partial charge in [0.2, 0.25) is 5.69 Å². The molecule has 264 valence electrons. The molecule has 0 spiro atoms. The third-order valence-electron chi connectivity index (χ3n) is 9.90. The molecule has 0 atom stereocenters. The number of anilines is 1. The lowest BCUT2D eigenvalue weighted by Crippen LogP contribution is -2.28. The summed E-state index contributed by atoms with van der Waals surface area (Å²) in [6.45, 7) is 10.4. The van der Waals surface area contributed by atoms with Gasteiger partial charge >= 0.3 is 0 Å². The molecule has 2 heterocycles. The van der Waals surface area contributed by atoms with Crippen LogP contribution in [0, 0.1) is 0 Å². The third-order valence-corrected chi connectivity index (χ3v) is 11.8. The van der Waals surface area contributed by atoms with Gasteiger partial charge in [0.25, 0.3) is 0 Å². The van der Waals surface area contributed by atoms with E-state index in [0.29, 0.717) is 25.1 Å². The summed E-state index contributed by atoms with van der Waals surface area (Å²) in [5, 5.41) is 14.4. The van der Waals surface area contributed by atoms with E-state index in [1.807, 2.05) is 12.1 Å². The number of para-hydroxylation sites is 2. The van der Waals surface area contributed by atoms with Crippen LogP contribution in [-0.2, 0) is 30.3 Å². The smallest absolute Gasteiger partial charge is 0.209 e. The molecule has 1 aliphatic carbocycles. The molecular weight excluding hydrogens is 680 g/mol. The summed E-state index contributed by atoms with van der Waals surface area (Å²) < 4.78 is 40.3. The van der Waals surface area contributed by atoms with Crippen molar-refractivity contribution in [2.45, 2.75) is 83.5 Å². The van der Waals surface area contributed by atoms with Gasteiger partial charge in [-0.3, -0.25) is 5.04 Å². The predicted octanol–water partition coefficient (Wildman–Crippen LogP) is 7.88. The van der Waals surface area contributed by atoms with Crippen LogP contribution in [0.4, 0.5) is 11.4 Å². The molecule has 11 heteroatoms. The van der Waals surface area contributed by atoms with Gasteiger partial charge in [0.05, 0.1) is 15.5 Å². The molecule has 0 fully saturated rings. The first kappa shape index (κ1) is 37.6. The van der Waals surface area contributed by atoms with E-state index in [4.69, 9.17) is 11.6 Å². The minimum atomic E-state index is -4.23. The Balaban J connectivity index is 1.41. The highest BCUT2D eigenvalue weighted by Crippen LogP contribution is 2.48. The van der Waals surface area contributed by atoms with Crippen LogP contribution in [-0.4, -0.2) is 47.9 Å². The average molecular weight is 726 g/mol. The molecule has 0 amide bonds. The number of halogens is 1. The fourth-order valence-corrected chi connectivity index (χ4v) is 8.67. The summed E-state index contributed by atoms with van der Waals surface area (Å²) in [5.41, 5.74) is 8.96. The highest BCUT2D eigenvalue weighted by atomic mass is 35.5. The summed E-state index contributed by atoms with van der Waals surface area (Å²) in [4.78, 5) is 2.40. The maximum absolute atomic E-state index is 11.2. The number of nitrogens with zero attached hydrogens (tertiary/aromatic N) is 2. The molecule has 0 unspecified atom stereocenters. The number of unbranched alkanes of at least 4 members (excludes halogenated alkanes) is 2. The molecule has 2 aliphatic heterocycles. The highest BCUT2D eigenvalue weighted by Gasteiger charge is 2.44. The number of rotatable bonds is 15. The SMILES string of the molecule is CC1(C)C(/C=C/C2=C(Cl)C(=C/C=C3/N(CCCCSOO[O-])c4ccccc4C3(C)C)/CCC2)=[N+](CCCCS(=O)(=O)[O-])c2ccccc21. The summed E-state index contributed by atoms with van der Waals surface area (Å²) >= 11 is 8.19. The predicted molar refractivity (Wildman–Crippen MR) is 196 cm³/mol. The van der Waals surface area contributed by atoms with Crippen LogP contribution in [0.2, 0.25) is 0 Å². The van der Waals surface area contributed by atoms with Gasteiger partial charge in [0.1, 0.15) is 6.54 Å². The molecule has 2 aromatic carbocycles. The molecule has 0 saturated carbocycles. The number of fused-ring (bicyclic) bond motifs is 2. The van der Waals surface area contributed by atoms with Crippen LogP contribution in [0.5, 0.6) is 0 Å². The number of hydrogen-bond donors (Lipinski definition) is 0. The zero-order valence-corrected chi connectivity index (χ0v) is 31.1. The second-order valence-electron chi connectivity index (χ2n) is 13.9. The molecule has 8 nitrogen and oxygen atoms in total. The fourth-order valence-electron chi connectivity index (χ4n) is 7.36.